The number of benzene rings is 1. The van der Waals surface area contributed by atoms with E-state index in [9.17, 15) is 0 Å². The van der Waals surface area contributed by atoms with E-state index in [-0.39, 0.29) is 0 Å². The van der Waals surface area contributed by atoms with Crippen molar-refractivity contribution < 1.29 is 4.74 Å². The smallest absolute Gasteiger partial charge is 0.0622 e. The number of hydrogen-bond acceptors (Lipinski definition) is 3. The summed E-state index contributed by atoms with van der Waals surface area (Å²) in [7, 11) is 2.22. The van der Waals surface area contributed by atoms with Crippen LogP contribution < -0.4 is 5.32 Å². The Labute approximate surface area is 116 Å². The molecule has 0 radical (unpaired) electrons. The Morgan fingerprint density at radius 2 is 2.05 bits per heavy atom. The number of likely N-dealkylation sites (N-methyl/N-ethyl adjacent to an activating group) is 1. The number of hydrogen-bond donors (Lipinski definition) is 1. The molecule has 0 amide bonds. The van der Waals surface area contributed by atoms with Crippen LogP contribution in [-0.2, 0) is 4.74 Å². The summed E-state index contributed by atoms with van der Waals surface area (Å²) < 4.78 is 5.53. The van der Waals surface area contributed by atoms with Gasteiger partial charge in [-0.15, -0.1) is 0 Å². The molecule has 1 aromatic carbocycles. The molecule has 0 bridgehead atoms. The lowest BCUT2D eigenvalue weighted by molar-refractivity contribution is 0.130. The van der Waals surface area contributed by atoms with Crippen molar-refractivity contribution in [3.8, 4) is 0 Å². The van der Waals surface area contributed by atoms with Gasteiger partial charge in [-0.3, -0.25) is 4.90 Å². The second-order valence-electron chi connectivity index (χ2n) is 5.67. The van der Waals surface area contributed by atoms with Crippen LogP contribution in [-0.4, -0.2) is 43.8 Å². The first-order valence-electron chi connectivity index (χ1n) is 7.26. The largest absolute Gasteiger partial charge is 0.380 e. The molecule has 0 spiro atoms. The number of nitrogens with zero attached hydrogens (tertiary/aromatic N) is 1. The zero-order valence-electron chi connectivity index (χ0n) is 12.3. The molecule has 3 nitrogen and oxygen atoms in total. The summed E-state index contributed by atoms with van der Waals surface area (Å²) in [6, 6.07) is 12.2. The van der Waals surface area contributed by atoms with Crippen LogP contribution in [0.4, 0.5) is 0 Å². The van der Waals surface area contributed by atoms with E-state index in [1.807, 2.05) is 0 Å². The zero-order valence-corrected chi connectivity index (χ0v) is 12.3. The Bertz CT molecular complexity index is 360. The molecule has 1 heterocycles. The molecule has 1 aromatic rings. The lowest BCUT2D eigenvalue weighted by Gasteiger charge is -2.33. The van der Waals surface area contributed by atoms with Crippen molar-refractivity contribution >= 4 is 0 Å². The third-order valence-electron chi connectivity index (χ3n) is 3.88. The minimum absolute atomic E-state index is 0.412. The lowest BCUT2D eigenvalue weighted by Crippen LogP contribution is -2.41. The third kappa shape index (κ3) is 4.03. The fourth-order valence-corrected chi connectivity index (χ4v) is 2.62. The summed E-state index contributed by atoms with van der Waals surface area (Å²) in [6.07, 6.45) is 1.14. The van der Waals surface area contributed by atoms with Crippen molar-refractivity contribution in [2.75, 3.05) is 26.8 Å². The monoisotopic (exact) mass is 262 g/mol. The Morgan fingerprint density at radius 3 is 2.63 bits per heavy atom. The zero-order chi connectivity index (χ0) is 13.7. The minimum atomic E-state index is 0.412. The predicted octanol–water partition coefficient (Wildman–Crippen LogP) is 2.45. The minimum Gasteiger partial charge on any atom is -0.380 e. The molecule has 0 aromatic heterocycles. The van der Waals surface area contributed by atoms with Gasteiger partial charge in [-0.05, 0) is 19.0 Å². The molecule has 1 fully saturated rings. The lowest BCUT2D eigenvalue weighted by atomic mass is 10.0. The van der Waals surface area contributed by atoms with E-state index >= 15 is 0 Å². The standard InChI is InChI=1S/C16H26N2O/c1-13(2)17-11-16(14-7-5-4-6-8-14)18(3)15-9-10-19-12-15/h4-8,13,15-17H,9-12H2,1-3H3. The van der Waals surface area contributed by atoms with Crippen LogP contribution in [0, 0.1) is 0 Å². The van der Waals surface area contributed by atoms with Gasteiger partial charge in [0.2, 0.25) is 0 Å². The molecule has 2 rings (SSSR count). The summed E-state index contributed by atoms with van der Waals surface area (Å²) in [6.45, 7) is 7.13. The van der Waals surface area contributed by atoms with Gasteiger partial charge in [-0.2, -0.15) is 0 Å². The van der Waals surface area contributed by atoms with Crippen molar-refractivity contribution in [1.29, 1.82) is 0 Å². The Morgan fingerprint density at radius 1 is 1.32 bits per heavy atom. The topological polar surface area (TPSA) is 24.5 Å². The first kappa shape index (κ1) is 14.5. The molecule has 19 heavy (non-hydrogen) atoms. The molecule has 3 heteroatoms. The van der Waals surface area contributed by atoms with Gasteiger partial charge in [0.15, 0.2) is 0 Å². The van der Waals surface area contributed by atoms with Gasteiger partial charge in [-0.1, -0.05) is 44.2 Å². The van der Waals surface area contributed by atoms with Gasteiger partial charge in [0.1, 0.15) is 0 Å². The molecule has 1 saturated heterocycles. The first-order valence-corrected chi connectivity index (χ1v) is 7.26. The van der Waals surface area contributed by atoms with Crippen molar-refractivity contribution in [3.05, 3.63) is 35.9 Å². The van der Waals surface area contributed by atoms with Gasteiger partial charge in [0, 0.05) is 31.3 Å². The van der Waals surface area contributed by atoms with Crippen LogP contribution in [0.25, 0.3) is 0 Å². The Hall–Kier alpha value is -0.900. The highest BCUT2D eigenvalue weighted by molar-refractivity contribution is 5.19. The maximum absolute atomic E-state index is 5.53. The van der Waals surface area contributed by atoms with E-state index in [1.165, 1.54) is 5.56 Å². The highest BCUT2D eigenvalue weighted by Gasteiger charge is 2.27. The van der Waals surface area contributed by atoms with E-state index in [0.29, 0.717) is 18.1 Å². The Kier molecular flexibility index (Phi) is 5.37. The van der Waals surface area contributed by atoms with Crippen molar-refractivity contribution in [1.82, 2.24) is 10.2 Å². The quantitative estimate of drug-likeness (QED) is 0.852. The molecule has 1 aliphatic rings. The second kappa shape index (κ2) is 7.04. The van der Waals surface area contributed by atoms with Crippen LogP contribution in [0.15, 0.2) is 30.3 Å². The third-order valence-corrected chi connectivity index (χ3v) is 3.88. The van der Waals surface area contributed by atoms with Crippen LogP contribution >= 0.6 is 0 Å². The van der Waals surface area contributed by atoms with Crippen LogP contribution in [0.3, 0.4) is 0 Å². The van der Waals surface area contributed by atoms with Gasteiger partial charge < -0.3 is 10.1 Å². The summed E-state index contributed by atoms with van der Waals surface area (Å²) in [5, 5.41) is 3.57. The fraction of sp³-hybridized carbons (Fsp3) is 0.625. The molecular formula is C16H26N2O. The van der Waals surface area contributed by atoms with Crippen LogP contribution in [0.2, 0.25) is 0 Å². The highest BCUT2D eigenvalue weighted by atomic mass is 16.5. The second-order valence-corrected chi connectivity index (χ2v) is 5.67. The Balaban J connectivity index is 2.08. The van der Waals surface area contributed by atoms with Crippen molar-refractivity contribution in [2.24, 2.45) is 0 Å². The highest BCUT2D eigenvalue weighted by Crippen LogP contribution is 2.24. The summed E-state index contributed by atoms with van der Waals surface area (Å²) in [4.78, 5) is 2.47. The molecule has 1 aliphatic heterocycles. The van der Waals surface area contributed by atoms with E-state index in [1.54, 1.807) is 0 Å². The molecule has 0 aliphatic carbocycles. The average Bonchev–Trinajstić information content (AvgIpc) is 2.93. The number of rotatable bonds is 6. The predicted molar refractivity (Wildman–Crippen MR) is 79.3 cm³/mol. The van der Waals surface area contributed by atoms with Crippen molar-refractivity contribution in [2.45, 2.75) is 38.4 Å². The summed E-state index contributed by atoms with van der Waals surface area (Å²) in [5.74, 6) is 0. The maximum Gasteiger partial charge on any atom is 0.0622 e. The maximum atomic E-state index is 5.53. The molecule has 2 unspecified atom stereocenters. The number of nitrogens with one attached hydrogen (secondary N) is 1. The first-order chi connectivity index (χ1) is 9.18. The van der Waals surface area contributed by atoms with E-state index in [2.05, 4.69) is 61.4 Å². The van der Waals surface area contributed by atoms with Gasteiger partial charge in [0.25, 0.3) is 0 Å². The van der Waals surface area contributed by atoms with E-state index in [0.717, 1.165) is 26.2 Å². The summed E-state index contributed by atoms with van der Waals surface area (Å²) in [5.41, 5.74) is 1.38. The van der Waals surface area contributed by atoms with Gasteiger partial charge in [0.05, 0.1) is 6.61 Å². The molecule has 106 valence electrons. The molecular weight excluding hydrogens is 236 g/mol. The fourth-order valence-electron chi connectivity index (χ4n) is 2.62. The SMILES string of the molecule is CC(C)NCC(c1ccccc1)N(C)C1CCOC1. The normalized spacial score (nSPS) is 21.2. The van der Waals surface area contributed by atoms with Crippen LogP contribution in [0.1, 0.15) is 31.9 Å². The van der Waals surface area contributed by atoms with Crippen LogP contribution in [0.5, 0.6) is 0 Å². The van der Waals surface area contributed by atoms with E-state index in [4.69, 9.17) is 4.74 Å². The summed E-state index contributed by atoms with van der Waals surface area (Å²) >= 11 is 0. The molecule has 0 saturated carbocycles. The molecule has 2 atom stereocenters. The average molecular weight is 262 g/mol. The van der Waals surface area contributed by atoms with Crippen molar-refractivity contribution in [3.63, 3.8) is 0 Å². The van der Waals surface area contributed by atoms with Gasteiger partial charge in [-0.25, -0.2) is 0 Å². The molecule has 1 N–H and O–H groups in total. The number of ether oxygens (including phenoxy) is 1. The van der Waals surface area contributed by atoms with Gasteiger partial charge >= 0.3 is 0 Å². The van der Waals surface area contributed by atoms with E-state index < -0.39 is 0 Å².